The number of hydrogen-bond donors (Lipinski definition) is 8. The third-order valence-electron chi connectivity index (χ3n) is 5.33. The van der Waals surface area contributed by atoms with Crippen molar-refractivity contribution in [2.24, 2.45) is 11.7 Å². The fourth-order valence-corrected chi connectivity index (χ4v) is 3.26. The molecular weight excluding hydrogens is 520 g/mol. The minimum Gasteiger partial charge on any atom is -0.480 e. The van der Waals surface area contributed by atoms with Crippen LogP contribution in [0.2, 0.25) is 0 Å². The molecular formula is C23H34N6O10. The lowest BCUT2D eigenvalue weighted by molar-refractivity contribution is -0.384. The van der Waals surface area contributed by atoms with Gasteiger partial charge in [-0.25, -0.2) is 4.79 Å². The topological polar surface area (TPSA) is 263 Å². The summed E-state index contributed by atoms with van der Waals surface area (Å²) in [7, 11) is 0. The number of nitro benzene ring substituents is 1. The summed E-state index contributed by atoms with van der Waals surface area (Å²) >= 11 is 0. The predicted molar refractivity (Wildman–Crippen MR) is 135 cm³/mol. The second-order valence-electron chi connectivity index (χ2n) is 9.03. The molecule has 0 fully saturated rings. The number of rotatable bonds is 16. The van der Waals surface area contributed by atoms with E-state index in [9.17, 15) is 44.3 Å². The molecule has 0 heterocycles. The number of carbonyl (C=O) groups is 5. The number of carboxylic acids is 1. The van der Waals surface area contributed by atoms with Crippen LogP contribution in [0.4, 0.5) is 5.69 Å². The van der Waals surface area contributed by atoms with E-state index in [0.717, 1.165) is 0 Å². The summed E-state index contributed by atoms with van der Waals surface area (Å²) in [6.45, 7) is 1.34. The summed E-state index contributed by atoms with van der Waals surface area (Å²) in [5.41, 5.74) is 5.51. The number of non-ortho nitro benzene ring substituents is 1. The van der Waals surface area contributed by atoms with Crippen molar-refractivity contribution in [3.63, 3.8) is 0 Å². The van der Waals surface area contributed by atoms with Gasteiger partial charge in [-0.1, -0.05) is 26.0 Å². The van der Waals surface area contributed by atoms with Crippen LogP contribution in [0.1, 0.15) is 25.8 Å². The van der Waals surface area contributed by atoms with Crippen LogP contribution in [0.3, 0.4) is 0 Å². The molecule has 16 heteroatoms. The summed E-state index contributed by atoms with van der Waals surface area (Å²) in [5.74, 6) is -4.96. The molecule has 0 bridgehead atoms. The molecule has 0 aromatic heterocycles. The number of carbonyl (C=O) groups excluding carboxylic acids is 4. The average Bonchev–Trinajstić information content (AvgIpc) is 2.88. The molecule has 0 aliphatic rings. The predicted octanol–water partition coefficient (Wildman–Crippen LogP) is -2.85. The molecule has 1 aromatic rings. The highest BCUT2D eigenvalue weighted by molar-refractivity contribution is 5.94. The zero-order chi connectivity index (χ0) is 29.7. The molecule has 0 aliphatic heterocycles. The van der Waals surface area contributed by atoms with Gasteiger partial charge >= 0.3 is 5.97 Å². The maximum absolute atomic E-state index is 13.0. The lowest BCUT2D eigenvalue weighted by atomic mass is 10.0. The molecule has 0 unspecified atom stereocenters. The summed E-state index contributed by atoms with van der Waals surface area (Å²) in [5, 5.41) is 47.9. The van der Waals surface area contributed by atoms with Crippen LogP contribution in [-0.2, 0) is 30.4 Å². The van der Waals surface area contributed by atoms with Gasteiger partial charge in [0.1, 0.15) is 24.2 Å². The molecule has 0 spiro atoms. The van der Waals surface area contributed by atoms with Crippen molar-refractivity contribution in [3.8, 4) is 0 Å². The van der Waals surface area contributed by atoms with Crippen molar-refractivity contribution < 1.29 is 44.2 Å². The van der Waals surface area contributed by atoms with Crippen LogP contribution in [0.15, 0.2) is 24.3 Å². The van der Waals surface area contributed by atoms with Gasteiger partial charge in [-0.2, -0.15) is 0 Å². The van der Waals surface area contributed by atoms with E-state index < -0.39 is 78.4 Å². The monoisotopic (exact) mass is 554 g/mol. The van der Waals surface area contributed by atoms with Crippen LogP contribution < -0.4 is 27.0 Å². The zero-order valence-electron chi connectivity index (χ0n) is 21.5. The van der Waals surface area contributed by atoms with Crippen molar-refractivity contribution in [1.82, 2.24) is 21.3 Å². The van der Waals surface area contributed by atoms with Gasteiger partial charge in [0.05, 0.1) is 24.7 Å². The van der Waals surface area contributed by atoms with Crippen molar-refractivity contribution in [3.05, 3.63) is 39.9 Å². The number of amides is 4. The second kappa shape index (κ2) is 16.0. The van der Waals surface area contributed by atoms with E-state index in [-0.39, 0.29) is 24.4 Å². The van der Waals surface area contributed by atoms with E-state index in [1.165, 1.54) is 24.3 Å². The van der Waals surface area contributed by atoms with E-state index in [2.05, 4.69) is 21.3 Å². The molecule has 0 aliphatic carbocycles. The second-order valence-corrected chi connectivity index (χ2v) is 9.03. The number of nitrogens with one attached hydrogen (secondary N) is 4. The van der Waals surface area contributed by atoms with Gasteiger partial charge in [-0.15, -0.1) is 0 Å². The number of aliphatic hydroxyl groups is 2. The van der Waals surface area contributed by atoms with Gasteiger partial charge in [-0.3, -0.25) is 29.3 Å². The Morgan fingerprint density at radius 2 is 1.46 bits per heavy atom. The van der Waals surface area contributed by atoms with Crippen LogP contribution in [0.25, 0.3) is 0 Å². The number of carboxylic acid groups (broad SMARTS) is 1. The van der Waals surface area contributed by atoms with Gasteiger partial charge in [0.2, 0.25) is 23.6 Å². The Morgan fingerprint density at radius 3 is 1.95 bits per heavy atom. The third-order valence-corrected chi connectivity index (χ3v) is 5.33. The fourth-order valence-electron chi connectivity index (χ4n) is 3.26. The van der Waals surface area contributed by atoms with Gasteiger partial charge in [0.25, 0.3) is 5.69 Å². The average molecular weight is 555 g/mol. The van der Waals surface area contributed by atoms with E-state index >= 15 is 0 Å². The van der Waals surface area contributed by atoms with Crippen molar-refractivity contribution in [2.75, 3.05) is 19.8 Å². The standard InChI is InChI=1S/C23H34N6O10/c1-12(2)7-17(23(36)37)28-21(34)16(8-13-3-5-14(6-4-13)29(38)39)27-22(35)18(11-31)26-19(32)9-25-20(33)15(24)10-30/h3-6,12,15-18,30-31H,7-11,24H2,1-2H3,(H,25,33)(H,26,32)(H,27,35)(H,28,34)(H,36,37)/t15-,16-,17-,18-/m0/s1. The number of hydrogen-bond acceptors (Lipinski definition) is 10. The highest BCUT2D eigenvalue weighted by Crippen LogP contribution is 2.14. The molecule has 1 aromatic carbocycles. The highest BCUT2D eigenvalue weighted by Gasteiger charge is 2.30. The van der Waals surface area contributed by atoms with Gasteiger partial charge in [0, 0.05) is 18.6 Å². The number of aliphatic hydroxyl groups excluding tert-OH is 2. The van der Waals surface area contributed by atoms with E-state index in [0.29, 0.717) is 5.56 Å². The van der Waals surface area contributed by atoms with E-state index in [4.69, 9.17) is 10.8 Å². The van der Waals surface area contributed by atoms with Crippen molar-refractivity contribution in [1.29, 1.82) is 0 Å². The Balaban J connectivity index is 3.04. The normalized spacial score (nSPS) is 13.9. The molecule has 0 radical (unpaired) electrons. The molecule has 9 N–H and O–H groups in total. The minimum absolute atomic E-state index is 0.0875. The first kappa shape index (κ1) is 32.9. The van der Waals surface area contributed by atoms with E-state index in [1.54, 1.807) is 13.8 Å². The van der Waals surface area contributed by atoms with Crippen LogP contribution in [0.5, 0.6) is 0 Å². The maximum Gasteiger partial charge on any atom is 0.326 e. The van der Waals surface area contributed by atoms with Gasteiger partial charge < -0.3 is 42.3 Å². The molecule has 16 nitrogen and oxygen atoms in total. The largest absolute Gasteiger partial charge is 0.480 e. The Bertz CT molecular complexity index is 1030. The van der Waals surface area contributed by atoms with E-state index in [1.807, 2.05) is 0 Å². The van der Waals surface area contributed by atoms with Crippen LogP contribution in [0, 0.1) is 16.0 Å². The smallest absolute Gasteiger partial charge is 0.326 e. The number of nitrogens with two attached hydrogens (primary N) is 1. The molecule has 4 amide bonds. The lowest BCUT2D eigenvalue weighted by Gasteiger charge is -2.24. The summed E-state index contributed by atoms with van der Waals surface area (Å²) < 4.78 is 0. The zero-order valence-corrected chi connectivity index (χ0v) is 21.5. The van der Waals surface area contributed by atoms with Crippen LogP contribution >= 0.6 is 0 Å². The maximum atomic E-state index is 13.0. The number of nitro groups is 1. The minimum atomic E-state index is -1.56. The first-order valence-electron chi connectivity index (χ1n) is 11.9. The Morgan fingerprint density at radius 1 is 0.897 bits per heavy atom. The SMILES string of the molecule is CC(C)C[C@H](NC(=O)[C@H](Cc1ccc([N+](=O)[O-])cc1)NC(=O)[C@H](CO)NC(=O)CNC(=O)[C@@H](N)CO)C(=O)O. The molecule has 39 heavy (non-hydrogen) atoms. The van der Waals surface area contributed by atoms with Crippen molar-refractivity contribution in [2.45, 2.75) is 50.9 Å². The Hall–Kier alpha value is -4.15. The number of benzene rings is 1. The molecule has 216 valence electrons. The van der Waals surface area contributed by atoms with Crippen LogP contribution in [-0.4, -0.2) is 93.8 Å². The van der Waals surface area contributed by atoms with Crippen molar-refractivity contribution >= 4 is 35.3 Å². The lowest BCUT2D eigenvalue weighted by Crippen LogP contribution is -2.58. The quantitative estimate of drug-likeness (QED) is 0.0761. The third kappa shape index (κ3) is 11.4. The molecule has 4 atom stereocenters. The number of aliphatic carboxylic acids is 1. The number of nitrogens with zero attached hydrogens (tertiary/aromatic N) is 1. The summed E-state index contributed by atoms with van der Waals surface area (Å²) in [6, 6.07) is -0.372. The first-order valence-corrected chi connectivity index (χ1v) is 11.9. The first-order chi connectivity index (χ1) is 18.3. The summed E-state index contributed by atoms with van der Waals surface area (Å²) in [4.78, 5) is 71.5. The Kier molecular flexibility index (Phi) is 13.4. The Labute approximate surface area is 223 Å². The highest BCUT2D eigenvalue weighted by atomic mass is 16.6. The van der Waals surface area contributed by atoms with Gasteiger partial charge in [-0.05, 0) is 17.9 Å². The summed E-state index contributed by atoms with van der Waals surface area (Å²) in [6.07, 6.45) is -0.106. The molecule has 0 saturated heterocycles. The van der Waals surface area contributed by atoms with Gasteiger partial charge in [0.15, 0.2) is 0 Å². The molecule has 1 rings (SSSR count). The fraction of sp³-hybridized carbons (Fsp3) is 0.522. The molecule has 0 saturated carbocycles.